The summed E-state index contributed by atoms with van der Waals surface area (Å²) in [5.74, 6) is -0.0131. The van der Waals surface area contributed by atoms with E-state index in [-0.39, 0.29) is 31.1 Å². The van der Waals surface area contributed by atoms with Crippen LogP contribution < -0.4 is 0 Å². The number of carboxylic acid groups (broad SMARTS) is 1. The van der Waals surface area contributed by atoms with Gasteiger partial charge in [-0.15, -0.1) is 0 Å². The fraction of sp³-hybridized carbons (Fsp3) is 0.833. The molecule has 18 heavy (non-hydrogen) atoms. The summed E-state index contributed by atoms with van der Waals surface area (Å²) in [6.45, 7) is 6.03. The number of carbonyl (C=O) groups is 2. The van der Waals surface area contributed by atoms with Crippen molar-refractivity contribution in [3.8, 4) is 0 Å². The lowest BCUT2D eigenvalue weighted by molar-refractivity contribution is -0.137. The maximum atomic E-state index is 12.3. The van der Waals surface area contributed by atoms with Crippen molar-refractivity contribution in [1.29, 1.82) is 0 Å². The third kappa shape index (κ3) is 5.62. The van der Waals surface area contributed by atoms with Crippen LogP contribution in [0.2, 0.25) is 0 Å². The van der Waals surface area contributed by atoms with Crippen molar-refractivity contribution in [2.75, 3.05) is 25.6 Å². The van der Waals surface area contributed by atoms with Crippen LogP contribution in [0.1, 0.15) is 27.2 Å². The summed E-state index contributed by atoms with van der Waals surface area (Å²) in [7, 11) is 1.76. The largest absolute Gasteiger partial charge is 0.481 e. The molecule has 0 rings (SSSR count). The third-order valence-corrected chi connectivity index (χ3v) is 3.62. The first-order valence-electron chi connectivity index (χ1n) is 6.05. The van der Waals surface area contributed by atoms with E-state index in [9.17, 15) is 9.59 Å². The van der Waals surface area contributed by atoms with E-state index in [2.05, 4.69) is 0 Å². The molecule has 1 atom stereocenters. The molecule has 0 saturated carbocycles. The van der Waals surface area contributed by atoms with Crippen molar-refractivity contribution < 1.29 is 14.7 Å². The highest BCUT2D eigenvalue weighted by Crippen LogP contribution is 2.10. The Morgan fingerprint density at radius 1 is 1.28 bits per heavy atom. The Kier molecular flexibility index (Phi) is 7.82. The summed E-state index contributed by atoms with van der Waals surface area (Å²) in [5.41, 5.74) is 0. The molecule has 5 nitrogen and oxygen atoms in total. The minimum Gasteiger partial charge on any atom is -0.481 e. The number of hydrogen-bond donors (Lipinski definition) is 1. The number of rotatable bonds is 7. The Hall–Kier alpha value is -0.910. The third-order valence-electron chi connectivity index (χ3n) is 2.81. The molecule has 0 aliphatic carbocycles. The number of hydrogen-bond acceptors (Lipinski definition) is 3. The normalized spacial score (nSPS) is 12.3. The molecule has 0 fully saturated rings. The van der Waals surface area contributed by atoms with Crippen LogP contribution >= 0.6 is 11.8 Å². The molecule has 0 aliphatic heterocycles. The number of aliphatic carboxylic acids is 1. The highest BCUT2D eigenvalue weighted by atomic mass is 32.2. The van der Waals surface area contributed by atoms with E-state index < -0.39 is 5.97 Å². The minimum absolute atomic E-state index is 0.000722. The maximum absolute atomic E-state index is 12.3. The van der Waals surface area contributed by atoms with Crippen LogP contribution in [0.15, 0.2) is 0 Å². The number of carboxylic acids is 1. The van der Waals surface area contributed by atoms with E-state index >= 15 is 0 Å². The second-order valence-electron chi connectivity index (χ2n) is 4.63. The van der Waals surface area contributed by atoms with Crippen molar-refractivity contribution >= 4 is 23.8 Å². The molecule has 0 bridgehead atoms. The van der Waals surface area contributed by atoms with Gasteiger partial charge in [0.15, 0.2) is 0 Å². The molecule has 0 radical (unpaired) electrons. The lowest BCUT2D eigenvalue weighted by Gasteiger charge is -2.33. The Morgan fingerprint density at radius 2 is 1.83 bits per heavy atom. The van der Waals surface area contributed by atoms with Crippen LogP contribution in [-0.2, 0) is 4.79 Å². The summed E-state index contributed by atoms with van der Waals surface area (Å²) >= 11 is 1.69. The molecular formula is C12H24N2O3S. The van der Waals surface area contributed by atoms with Gasteiger partial charge in [-0.1, -0.05) is 0 Å². The molecule has 0 heterocycles. The summed E-state index contributed by atoms with van der Waals surface area (Å²) in [6.07, 6.45) is 1.98. The predicted octanol–water partition coefficient (Wildman–Crippen LogP) is 1.97. The van der Waals surface area contributed by atoms with Crippen molar-refractivity contribution in [1.82, 2.24) is 9.80 Å². The predicted molar refractivity (Wildman–Crippen MR) is 75.1 cm³/mol. The molecule has 0 aromatic rings. The quantitative estimate of drug-likeness (QED) is 0.772. The van der Waals surface area contributed by atoms with Gasteiger partial charge in [-0.3, -0.25) is 4.79 Å². The smallest absolute Gasteiger partial charge is 0.320 e. The minimum atomic E-state index is -0.881. The van der Waals surface area contributed by atoms with Gasteiger partial charge in [0.1, 0.15) is 0 Å². The molecule has 6 heteroatoms. The van der Waals surface area contributed by atoms with Gasteiger partial charge < -0.3 is 14.9 Å². The summed E-state index contributed by atoms with van der Waals surface area (Å²) < 4.78 is 0. The number of urea groups is 1. The summed E-state index contributed by atoms with van der Waals surface area (Å²) in [6, 6.07) is 0.0344. The first-order chi connectivity index (χ1) is 8.31. The summed E-state index contributed by atoms with van der Waals surface area (Å²) in [5, 5.41) is 8.70. The van der Waals surface area contributed by atoms with Crippen LogP contribution in [0, 0.1) is 0 Å². The second kappa shape index (κ2) is 8.24. The van der Waals surface area contributed by atoms with E-state index in [0.717, 1.165) is 5.75 Å². The Labute approximate surface area is 114 Å². The average molecular weight is 276 g/mol. The SMILES string of the molecule is CSCC(C)N(C)C(=O)N(CCC(=O)O)C(C)C. The zero-order valence-electron chi connectivity index (χ0n) is 11.8. The van der Waals surface area contributed by atoms with Crippen molar-refractivity contribution in [3.63, 3.8) is 0 Å². The molecule has 0 saturated heterocycles. The van der Waals surface area contributed by atoms with Gasteiger partial charge in [0.2, 0.25) is 0 Å². The van der Waals surface area contributed by atoms with Crippen LogP contribution in [0.25, 0.3) is 0 Å². The van der Waals surface area contributed by atoms with Crippen molar-refractivity contribution in [2.45, 2.75) is 39.3 Å². The van der Waals surface area contributed by atoms with Gasteiger partial charge in [-0.05, 0) is 27.0 Å². The van der Waals surface area contributed by atoms with E-state index in [4.69, 9.17) is 5.11 Å². The highest BCUT2D eigenvalue weighted by Gasteiger charge is 2.24. The van der Waals surface area contributed by atoms with Crippen LogP contribution in [0.3, 0.4) is 0 Å². The van der Waals surface area contributed by atoms with Crippen LogP contribution in [0.5, 0.6) is 0 Å². The first kappa shape index (κ1) is 17.1. The molecule has 0 aromatic carbocycles. The lowest BCUT2D eigenvalue weighted by atomic mass is 10.3. The van der Waals surface area contributed by atoms with Gasteiger partial charge in [-0.25, -0.2) is 4.79 Å². The monoisotopic (exact) mass is 276 g/mol. The highest BCUT2D eigenvalue weighted by molar-refractivity contribution is 7.98. The van der Waals surface area contributed by atoms with Gasteiger partial charge >= 0.3 is 12.0 Å². The summed E-state index contributed by atoms with van der Waals surface area (Å²) in [4.78, 5) is 26.1. The average Bonchev–Trinajstić information content (AvgIpc) is 2.27. The van der Waals surface area contributed by atoms with Crippen LogP contribution in [0.4, 0.5) is 4.79 Å². The maximum Gasteiger partial charge on any atom is 0.320 e. The Morgan fingerprint density at radius 3 is 2.22 bits per heavy atom. The molecule has 0 aliphatic rings. The Bertz CT molecular complexity index is 284. The van der Waals surface area contributed by atoms with E-state index in [1.165, 1.54) is 0 Å². The fourth-order valence-corrected chi connectivity index (χ4v) is 2.24. The van der Waals surface area contributed by atoms with E-state index in [0.29, 0.717) is 0 Å². The number of carbonyl (C=O) groups excluding carboxylic acids is 1. The molecule has 0 spiro atoms. The van der Waals surface area contributed by atoms with Gasteiger partial charge in [-0.2, -0.15) is 11.8 Å². The van der Waals surface area contributed by atoms with E-state index in [1.807, 2.05) is 27.0 Å². The van der Waals surface area contributed by atoms with Gasteiger partial charge in [0, 0.05) is 31.4 Å². The Balaban J connectivity index is 4.59. The second-order valence-corrected chi connectivity index (χ2v) is 5.54. The zero-order chi connectivity index (χ0) is 14.3. The number of thioether (sulfide) groups is 1. The van der Waals surface area contributed by atoms with Crippen molar-refractivity contribution in [3.05, 3.63) is 0 Å². The first-order valence-corrected chi connectivity index (χ1v) is 7.44. The van der Waals surface area contributed by atoms with Crippen molar-refractivity contribution in [2.24, 2.45) is 0 Å². The lowest BCUT2D eigenvalue weighted by Crippen LogP contribution is -2.49. The molecular weight excluding hydrogens is 252 g/mol. The van der Waals surface area contributed by atoms with Gasteiger partial charge in [0.05, 0.1) is 6.42 Å². The number of amides is 2. The molecule has 0 aromatic heterocycles. The molecule has 1 N–H and O–H groups in total. The molecule has 1 unspecified atom stereocenters. The molecule has 106 valence electrons. The standard InChI is InChI=1S/C12H24N2O3S/c1-9(2)14(7-6-11(15)16)12(17)13(4)10(3)8-18-5/h9-10H,6-8H2,1-5H3,(H,15,16). The van der Waals surface area contributed by atoms with Gasteiger partial charge in [0.25, 0.3) is 0 Å². The van der Waals surface area contributed by atoms with E-state index in [1.54, 1.807) is 28.6 Å². The number of nitrogens with zero attached hydrogens (tertiary/aromatic N) is 2. The topological polar surface area (TPSA) is 60.9 Å². The zero-order valence-corrected chi connectivity index (χ0v) is 12.7. The molecule has 2 amide bonds. The van der Waals surface area contributed by atoms with Crippen LogP contribution in [-0.4, -0.2) is 64.6 Å². The fourth-order valence-electron chi connectivity index (χ4n) is 1.53.